The Bertz CT molecular complexity index is 1410. The number of urea groups is 1. The number of benzene rings is 2. The number of anilines is 1. The number of esters is 2. The van der Waals surface area contributed by atoms with E-state index in [2.05, 4.69) is 21.2 Å². The van der Waals surface area contributed by atoms with Crippen LogP contribution < -0.4 is 14.8 Å². The first-order valence-electron chi connectivity index (χ1n) is 13.8. The Balaban J connectivity index is 1.37. The van der Waals surface area contributed by atoms with Gasteiger partial charge in [0.05, 0.1) is 29.7 Å². The molecule has 0 bridgehead atoms. The van der Waals surface area contributed by atoms with Crippen molar-refractivity contribution < 1.29 is 33.3 Å². The minimum absolute atomic E-state index is 0.0714. The summed E-state index contributed by atoms with van der Waals surface area (Å²) in [6.07, 6.45) is 1.69. The normalized spacial score (nSPS) is 13.4. The summed E-state index contributed by atoms with van der Waals surface area (Å²) in [6.45, 7) is 7.46. The van der Waals surface area contributed by atoms with E-state index in [1.165, 1.54) is 18.4 Å². The molecule has 0 saturated carbocycles. The van der Waals surface area contributed by atoms with Gasteiger partial charge in [0, 0.05) is 18.8 Å². The molecule has 224 valence electrons. The molecule has 0 spiro atoms. The number of amides is 2. The standard InChI is InChI=1S/C31H35BrN2O7S/c1-5-39-24(35)18-41-27-25(32)28(42-29(27)30(36)38-4)22-10-7-11-23(16-22)40-17-21-12-14-34(15-13-21)31(37)33-26-19(2)8-6-9-20(26)3/h6-11,16,21H,5,12-15,17-18H2,1-4H3,(H,33,37). The van der Waals surface area contributed by atoms with Crippen LogP contribution in [0.4, 0.5) is 10.5 Å². The van der Waals surface area contributed by atoms with Crippen LogP contribution >= 0.6 is 27.3 Å². The number of nitrogens with one attached hydrogen (secondary N) is 1. The molecule has 1 saturated heterocycles. The van der Waals surface area contributed by atoms with E-state index >= 15 is 0 Å². The molecule has 1 fully saturated rings. The topological polar surface area (TPSA) is 103 Å². The molecule has 0 unspecified atom stereocenters. The molecule has 1 aromatic heterocycles. The fraction of sp³-hybridized carbons (Fsp3) is 0.387. The first kappa shape index (κ1) is 31.4. The summed E-state index contributed by atoms with van der Waals surface area (Å²) in [4.78, 5) is 40.0. The first-order valence-corrected chi connectivity index (χ1v) is 15.4. The Morgan fingerprint density at radius 1 is 1.05 bits per heavy atom. The summed E-state index contributed by atoms with van der Waals surface area (Å²) < 4.78 is 22.2. The molecule has 1 aliphatic heterocycles. The van der Waals surface area contributed by atoms with Gasteiger partial charge in [-0.3, -0.25) is 0 Å². The van der Waals surface area contributed by atoms with Crippen molar-refractivity contribution in [2.24, 2.45) is 5.92 Å². The predicted molar refractivity (Wildman–Crippen MR) is 166 cm³/mol. The first-order chi connectivity index (χ1) is 20.2. The lowest BCUT2D eigenvalue weighted by molar-refractivity contribution is -0.145. The number of hydrogen-bond donors (Lipinski definition) is 1. The van der Waals surface area contributed by atoms with Crippen molar-refractivity contribution in [2.45, 2.75) is 33.6 Å². The van der Waals surface area contributed by atoms with Crippen LogP contribution in [0.5, 0.6) is 11.5 Å². The largest absolute Gasteiger partial charge is 0.493 e. The molecular weight excluding hydrogens is 624 g/mol. The van der Waals surface area contributed by atoms with Gasteiger partial charge in [-0.25, -0.2) is 14.4 Å². The number of aryl methyl sites for hydroxylation is 2. The number of carbonyl (C=O) groups excluding carboxylic acids is 3. The van der Waals surface area contributed by atoms with Crippen LogP contribution in [0.3, 0.4) is 0 Å². The SMILES string of the molecule is CCOC(=O)COc1c(C(=O)OC)sc(-c2cccc(OCC3CCN(C(=O)Nc4c(C)cccc4C)CC3)c2)c1Br. The monoisotopic (exact) mass is 658 g/mol. The van der Waals surface area contributed by atoms with E-state index in [9.17, 15) is 14.4 Å². The number of piperidine rings is 1. The number of hydrogen-bond acceptors (Lipinski definition) is 8. The van der Waals surface area contributed by atoms with E-state index in [1.807, 2.05) is 61.2 Å². The van der Waals surface area contributed by atoms with Crippen molar-refractivity contribution in [3.63, 3.8) is 0 Å². The van der Waals surface area contributed by atoms with Crippen molar-refractivity contribution in [2.75, 3.05) is 45.3 Å². The zero-order valence-corrected chi connectivity index (χ0v) is 26.6. The summed E-state index contributed by atoms with van der Waals surface area (Å²) in [5, 5.41) is 3.07. The average Bonchev–Trinajstić information content (AvgIpc) is 3.32. The van der Waals surface area contributed by atoms with Gasteiger partial charge >= 0.3 is 18.0 Å². The van der Waals surface area contributed by atoms with Gasteiger partial charge in [0.1, 0.15) is 5.75 Å². The maximum absolute atomic E-state index is 12.9. The molecule has 2 aromatic carbocycles. The fourth-order valence-corrected chi connectivity index (χ4v) is 6.68. The average molecular weight is 660 g/mol. The van der Waals surface area contributed by atoms with Crippen LogP contribution in [-0.4, -0.2) is 62.9 Å². The van der Waals surface area contributed by atoms with Crippen molar-refractivity contribution in [1.29, 1.82) is 0 Å². The summed E-state index contributed by atoms with van der Waals surface area (Å²) in [7, 11) is 1.29. The molecule has 3 aromatic rings. The molecule has 0 atom stereocenters. The Kier molecular flexibility index (Phi) is 10.9. The van der Waals surface area contributed by atoms with E-state index in [-0.39, 0.29) is 29.9 Å². The van der Waals surface area contributed by atoms with Crippen molar-refractivity contribution in [1.82, 2.24) is 4.90 Å². The van der Waals surface area contributed by atoms with Crippen LogP contribution in [0.15, 0.2) is 46.9 Å². The van der Waals surface area contributed by atoms with E-state index < -0.39 is 11.9 Å². The third-order valence-corrected chi connectivity index (χ3v) is 9.24. The maximum Gasteiger partial charge on any atom is 0.351 e. The highest BCUT2D eigenvalue weighted by Gasteiger charge is 2.27. The van der Waals surface area contributed by atoms with Gasteiger partial charge in [-0.05, 0) is 84.3 Å². The van der Waals surface area contributed by atoms with Gasteiger partial charge in [0.2, 0.25) is 0 Å². The second kappa shape index (κ2) is 14.6. The summed E-state index contributed by atoms with van der Waals surface area (Å²) in [5.74, 6) is 0.148. The molecule has 9 nitrogen and oxygen atoms in total. The number of halogens is 1. The smallest absolute Gasteiger partial charge is 0.351 e. The number of nitrogens with zero attached hydrogens (tertiary/aromatic N) is 1. The van der Waals surface area contributed by atoms with Gasteiger partial charge in [-0.1, -0.05) is 30.3 Å². The number of methoxy groups -OCH3 is 1. The van der Waals surface area contributed by atoms with E-state index in [4.69, 9.17) is 18.9 Å². The highest BCUT2D eigenvalue weighted by atomic mass is 79.9. The highest BCUT2D eigenvalue weighted by Crippen LogP contribution is 2.46. The number of para-hydroxylation sites is 1. The highest BCUT2D eigenvalue weighted by molar-refractivity contribution is 9.10. The number of ether oxygens (including phenoxy) is 4. The van der Waals surface area contributed by atoms with Gasteiger partial charge in [0.15, 0.2) is 17.2 Å². The zero-order chi connectivity index (χ0) is 30.2. The quantitative estimate of drug-likeness (QED) is 0.238. The second-order valence-corrected chi connectivity index (χ2v) is 11.8. The van der Waals surface area contributed by atoms with Gasteiger partial charge < -0.3 is 29.2 Å². The maximum atomic E-state index is 12.9. The van der Waals surface area contributed by atoms with E-state index in [0.29, 0.717) is 35.8 Å². The van der Waals surface area contributed by atoms with Crippen LogP contribution in [-0.2, 0) is 14.3 Å². The van der Waals surface area contributed by atoms with Gasteiger partial charge in [-0.2, -0.15) is 0 Å². The lowest BCUT2D eigenvalue weighted by Crippen LogP contribution is -2.42. The second-order valence-electron chi connectivity index (χ2n) is 9.95. The lowest BCUT2D eigenvalue weighted by atomic mass is 9.98. The van der Waals surface area contributed by atoms with Crippen LogP contribution in [0.2, 0.25) is 0 Å². The number of rotatable bonds is 10. The third-order valence-electron chi connectivity index (χ3n) is 7.02. The molecular formula is C31H35BrN2O7S. The molecule has 1 aliphatic rings. The zero-order valence-electron chi connectivity index (χ0n) is 24.2. The molecule has 42 heavy (non-hydrogen) atoms. The Morgan fingerprint density at radius 3 is 2.40 bits per heavy atom. The number of thiophene rings is 1. The molecule has 4 rings (SSSR count). The molecule has 11 heteroatoms. The molecule has 0 aliphatic carbocycles. The molecule has 2 amide bonds. The van der Waals surface area contributed by atoms with Crippen LogP contribution in [0, 0.1) is 19.8 Å². The van der Waals surface area contributed by atoms with E-state index in [1.54, 1.807) is 6.92 Å². The number of carbonyl (C=O) groups is 3. The molecule has 0 radical (unpaired) electrons. The number of likely N-dealkylation sites (tertiary alicyclic amines) is 1. The predicted octanol–water partition coefficient (Wildman–Crippen LogP) is 6.85. The third kappa shape index (κ3) is 7.63. The van der Waals surface area contributed by atoms with Crippen molar-refractivity contribution >= 4 is 50.9 Å². The molecule has 1 N–H and O–H groups in total. The molecule has 2 heterocycles. The Morgan fingerprint density at radius 2 is 1.74 bits per heavy atom. The summed E-state index contributed by atoms with van der Waals surface area (Å²) >= 11 is 4.74. The lowest BCUT2D eigenvalue weighted by Gasteiger charge is -2.32. The van der Waals surface area contributed by atoms with Crippen LogP contribution in [0.1, 0.15) is 40.6 Å². The fourth-order valence-electron chi connectivity index (χ4n) is 4.71. The Hall–Kier alpha value is -3.57. The minimum atomic E-state index is -0.563. The Labute approximate surface area is 258 Å². The minimum Gasteiger partial charge on any atom is -0.493 e. The van der Waals surface area contributed by atoms with Crippen molar-refractivity contribution in [3.8, 4) is 21.9 Å². The van der Waals surface area contributed by atoms with E-state index in [0.717, 1.165) is 40.1 Å². The van der Waals surface area contributed by atoms with Crippen molar-refractivity contribution in [3.05, 3.63) is 62.9 Å². The van der Waals surface area contributed by atoms with Gasteiger partial charge in [0.25, 0.3) is 0 Å². The summed E-state index contributed by atoms with van der Waals surface area (Å²) in [6, 6.07) is 13.5. The van der Waals surface area contributed by atoms with Gasteiger partial charge in [-0.15, -0.1) is 11.3 Å². The summed E-state index contributed by atoms with van der Waals surface area (Å²) in [5.41, 5.74) is 3.79. The van der Waals surface area contributed by atoms with Crippen LogP contribution in [0.25, 0.3) is 10.4 Å².